The van der Waals surface area contributed by atoms with Gasteiger partial charge in [0.05, 0.1) is 11.5 Å². The molecule has 28 heavy (non-hydrogen) atoms. The number of anilines is 2. The van der Waals surface area contributed by atoms with Gasteiger partial charge in [-0.15, -0.1) is 11.3 Å². The van der Waals surface area contributed by atoms with Gasteiger partial charge in [-0.3, -0.25) is 0 Å². The first-order valence-corrected chi connectivity index (χ1v) is 11.2. The highest BCUT2D eigenvalue weighted by Crippen LogP contribution is 2.22. The van der Waals surface area contributed by atoms with Crippen LogP contribution in [0.2, 0.25) is 0 Å². The number of piperazine rings is 1. The van der Waals surface area contributed by atoms with E-state index in [9.17, 15) is 0 Å². The second-order valence-corrected chi connectivity index (χ2v) is 8.24. The van der Waals surface area contributed by atoms with Gasteiger partial charge in [-0.05, 0) is 48.9 Å². The van der Waals surface area contributed by atoms with Crippen LogP contribution < -0.4 is 15.1 Å². The minimum absolute atomic E-state index is 0.667. The third-order valence-corrected chi connectivity index (χ3v) is 6.31. The first-order chi connectivity index (χ1) is 13.8. The Balaban J connectivity index is 1.35. The summed E-state index contributed by atoms with van der Waals surface area (Å²) in [6.45, 7) is 10.0. The molecule has 2 aromatic rings. The van der Waals surface area contributed by atoms with E-state index >= 15 is 0 Å². The minimum Gasteiger partial charge on any atom is -0.360 e. The molecule has 2 aliphatic rings. The number of rotatable bonds is 5. The summed E-state index contributed by atoms with van der Waals surface area (Å²) in [5, 5.41) is 6.98. The molecular weight excluding hydrogens is 368 g/mol. The Morgan fingerprint density at radius 3 is 2.54 bits per heavy atom. The zero-order valence-corrected chi connectivity index (χ0v) is 17.5. The van der Waals surface area contributed by atoms with Gasteiger partial charge in [-0.1, -0.05) is 6.07 Å². The van der Waals surface area contributed by atoms with Crippen LogP contribution in [0.1, 0.15) is 25.3 Å². The van der Waals surface area contributed by atoms with E-state index in [1.165, 1.54) is 17.8 Å². The predicted molar refractivity (Wildman–Crippen MR) is 119 cm³/mol. The van der Waals surface area contributed by atoms with Crippen molar-refractivity contribution in [3.8, 4) is 0 Å². The number of aliphatic imine (C=N–C) groups is 1. The summed E-state index contributed by atoms with van der Waals surface area (Å²) >= 11 is 1.82. The highest BCUT2D eigenvalue weighted by Gasteiger charge is 2.20. The maximum Gasteiger partial charge on any atom is 0.194 e. The summed E-state index contributed by atoms with van der Waals surface area (Å²) in [7, 11) is 0. The molecule has 0 unspecified atom stereocenters. The smallest absolute Gasteiger partial charge is 0.194 e. The number of guanidine groups is 1. The van der Waals surface area contributed by atoms with E-state index in [0.29, 0.717) is 6.54 Å². The molecule has 0 bridgehead atoms. The SMILES string of the molecule is CCNC(=NCc1ccc(N2CCCC2)nc1)N1CCN(c2cccs2)CC1. The lowest BCUT2D eigenvalue weighted by molar-refractivity contribution is 0.373. The van der Waals surface area contributed by atoms with Crippen LogP contribution in [0.5, 0.6) is 0 Å². The molecule has 0 spiro atoms. The average molecular weight is 399 g/mol. The monoisotopic (exact) mass is 398 g/mol. The van der Waals surface area contributed by atoms with E-state index in [1.54, 1.807) is 0 Å². The van der Waals surface area contributed by atoms with Crippen LogP contribution in [-0.4, -0.2) is 61.7 Å². The van der Waals surface area contributed by atoms with E-state index in [-0.39, 0.29) is 0 Å². The predicted octanol–water partition coefficient (Wildman–Crippen LogP) is 3.03. The van der Waals surface area contributed by atoms with Gasteiger partial charge in [0.25, 0.3) is 0 Å². The van der Waals surface area contributed by atoms with Gasteiger partial charge in [0.15, 0.2) is 5.96 Å². The van der Waals surface area contributed by atoms with Gasteiger partial charge in [0.2, 0.25) is 0 Å². The van der Waals surface area contributed by atoms with Gasteiger partial charge < -0.3 is 20.0 Å². The van der Waals surface area contributed by atoms with Crippen molar-refractivity contribution in [3.63, 3.8) is 0 Å². The lowest BCUT2D eigenvalue weighted by atomic mass is 10.3. The summed E-state index contributed by atoms with van der Waals surface area (Å²) in [5.41, 5.74) is 1.16. The molecule has 4 rings (SSSR count). The Morgan fingerprint density at radius 2 is 1.89 bits per heavy atom. The molecule has 0 radical (unpaired) electrons. The van der Waals surface area contributed by atoms with Crippen molar-refractivity contribution < 1.29 is 0 Å². The Bertz CT molecular complexity index is 744. The Morgan fingerprint density at radius 1 is 1.07 bits per heavy atom. The lowest BCUT2D eigenvalue weighted by Crippen LogP contribution is -2.52. The maximum atomic E-state index is 4.88. The van der Waals surface area contributed by atoms with Crippen LogP contribution in [-0.2, 0) is 6.54 Å². The van der Waals surface area contributed by atoms with Crippen molar-refractivity contribution in [3.05, 3.63) is 41.4 Å². The van der Waals surface area contributed by atoms with Crippen molar-refractivity contribution in [2.24, 2.45) is 4.99 Å². The van der Waals surface area contributed by atoms with Gasteiger partial charge in [-0.25, -0.2) is 9.98 Å². The first kappa shape index (κ1) is 19.1. The van der Waals surface area contributed by atoms with Crippen LogP contribution in [0.15, 0.2) is 40.8 Å². The zero-order chi connectivity index (χ0) is 19.2. The summed E-state index contributed by atoms with van der Waals surface area (Å²) in [5.74, 6) is 2.11. The van der Waals surface area contributed by atoms with E-state index < -0.39 is 0 Å². The van der Waals surface area contributed by atoms with Crippen molar-refractivity contribution in [2.75, 3.05) is 55.6 Å². The van der Waals surface area contributed by atoms with E-state index in [4.69, 9.17) is 4.99 Å². The van der Waals surface area contributed by atoms with Crippen molar-refractivity contribution >= 4 is 28.1 Å². The summed E-state index contributed by atoms with van der Waals surface area (Å²) in [4.78, 5) is 16.7. The van der Waals surface area contributed by atoms with Crippen LogP contribution in [0.3, 0.4) is 0 Å². The fraction of sp³-hybridized carbons (Fsp3) is 0.524. The molecule has 2 fully saturated rings. The molecule has 0 atom stereocenters. The standard InChI is InChI=1S/C21H30N6S/c1-2-22-21(27-13-11-26(12-14-27)20-6-5-15-28-20)24-17-18-7-8-19(23-16-18)25-9-3-4-10-25/h5-8,15-16H,2-4,9-14,17H2,1H3,(H,22,24). The number of thiophene rings is 1. The molecule has 150 valence electrons. The molecule has 6 nitrogen and oxygen atoms in total. The van der Waals surface area contributed by atoms with Gasteiger partial charge in [0.1, 0.15) is 5.82 Å². The third kappa shape index (κ3) is 4.58. The lowest BCUT2D eigenvalue weighted by Gasteiger charge is -2.37. The first-order valence-electron chi connectivity index (χ1n) is 10.3. The zero-order valence-electron chi connectivity index (χ0n) is 16.7. The van der Waals surface area contributed by atoms with Crippen LogP contribution >= 0.6 is 11.3 Å². The van der Waals surface area contributed by atoms with Crippen molar-refractivity contribution in [1.82, 2.24) is 15.2 Å². The Kier molecular flexibility index (Phi) is 6.31. The average Bonchev–Trinajstić information content (AvgIpc) is 3.46. The minimum atomic E-state index is 0.667. The van der Waals surface area contributed by atoms with Gasteiger partial charge >= 0.3 is 0 Å². The van der Waals surface area contributed by atoms with Gasteiger partial charge in [-0.2, -0.15) is 0 Å². The summed E-state index contributed by atoms with van der Waals surface area (Å²) in [6.07, 6.45) is 4.54. The number of hydrogen-bond acceptors (Lipinski definition) is 5. The highest BCUT2D eigenvalue weighted by molar-refractivity contribution is 7.14. The highest BCUT2D eigenvalue weighted by atomic mass is 32.1. The van der Waals surface area contributed by atoms with Gasteiger partial charge in [0, 0.05) is 52.0 Å². The molecule has 7 heteroatoms. The number of nitrogens with one attached hydrogen (secondary N) is 1. The quantitative estimate of drug-likeness (QED) is 0.620. The van der Waals surface area contributed by atoms with E-state index in [1.807, 2.05) is 17.5 Å². The van der Waals surface area contributed by atoms with Crippen LogP contribution in [0, 0.1) is 0 Å². The van der Waals surface area contributed by atoms with Crippen LogP contribution in [0.25, 0.3) is 0 Å². The molecule has 0 saturated carbocycles. The number of nitrogens with zero attached hydrogens (tertiary/aromatic N) is 5. The molecule has 0 amide bonds. The largest absolute Gasteiger partial charge is 0.360 e. The third-order valence-electron chi connectivity index (χ3n) is 5.38. The normalized spacial score (nSPS) is 18.0. The molecule has 0 aromatic carbocycles. The van der Waals surface area contributed by atoms with Crippen molar-refractivity contribution in [1.29, 1.82) is 0 Å². The van der Waals surface area contributed by atoms with Crippen LogP contribution in [0.4, 0.5) is 10.8 Å². The Labute approximate surface area is 171 Å². The molecule has 2 aliphatic heterocycles. The molecule has 2 aromatic heterocycles. The maximum absolute atomic E-state index is 4.88. The van der Waals surface area contributed by atoms with E-state index in [2.05, 4.69) is 61.6 Å². The molecule has 0 aliphatic carbocycles. The second-order valence-electron chi connectivity index (χ2n) is 7.31. The molecule has 2 saturated heterocycles. The number of pyridine rings is 1. The second kappa shape index (κ2) is 9.28. The number of aromatic nitrogens is 1. The fourth-order valence-corrected chi connectivity index (χ4v) is 4.61. The molecule has 1 N–H and O–H groups in total. The van der Waals surface area contributed by atoms with Crippen molar-refractivity contribution in [2.45, 2.75) is 26.3 Å². The topological polar surface area (TPSA) is 47.0 Å². The van der Waals surface area contributed by atoms with E-state index in [0.717, 1.165) is 63.2 Å². The summed E-state index contributed by atoms with van der Waals surface area (Å²) < 4.78 is 0. The Hall–Kier alpha value is -2.28. The molecular formula is C21H30N6S. The molecule has 4 heterocycles. The fourth-order valence-electron chi connectivity index (χ4n) is 3.82. The number of hydrogen-bond donors (Lipinski definition) is 1. The summed E-state index contributed by atoms with van der Waals surface area (Å²) in [6, 6.07) is 8.64.